The number of nitrogens with zero attached hydrogens (tertiary/aromatic N) is 2. The largest absolute Gasteiger partial charge is 0.399 e. The number of nitrogen functional groups attached to an aromatic ring is 1. The van der Waals surface area contributed by atoms with Crippen LogP contribution in [0.1, 0.15) is 42.9 Å². The molecule has 3 heterocycles. The molecule has 6 atom stereocenters. The minimum absolute atomic E-state index is 0.182. The number of carbonyl (C=O) groups is 1. The van der Waals surface area contributed by atoms with Crippen molar-refractivity contribution in [3.8, 4) is 0 Å². The number of rotatable bonds is 3. The van der Waals surface area contributed by atoms with Crippen molar-refractivity contribution in [3.63, 3.8) is 0 Å². The summed E-state index contributed by atoms with van der Waals surface area (Å²) in [5.41, 5.74) is 18.6. The summed E-state index contributed by atoms with van der Waals surface area (Å²) in [6, 6.07) is 15.9. The van der Waals surface area contributed by atoms with Gasteiger partial charge >= 0.3 is 0 Å². The number of hydrazine groups is 1. The number of carbonyl (C=O) groups excluding carboxylic acids is 1. The van der Waals surface area contributed by atoms with Gasteiger partial charge in [0, 0.05) is 49.3 Å². The molecule has 4 fully saturated rings. The number of benzene rings is 2. The van der Waals surface area contributed by atoms with Gasteiger partial charge in [0.15, 0.2) is 0 Å². The molecule has 5 aliphatic rings. The molecule has 0 aromatic heterocycles. The normalized spacial score (nSPS) is 36.2. The highest BCUT2D eigenvalue weighted by Crippen LogP contribution is 2.65. The van der Waals surface area contributed by atoms with E-state index in [4.69, 9.17) is 5.73 Å². The van der Waals surface area contributed by atoms with Gasteiger partial charge in [0.2, 0.25) is 5.91 Å². The molecule has 2 aromatic rings. The Balaban J connectivity index is 1.03. The lowest BCUT2D eigenvalue weighted by Gasteiger charge is -2.35. The zero-order valence-electron chi connectivity index (χ0n) is 20.5. The Morgan fingerprint density at radius 1 is 1.00 bits per heavy atom. The third-order valence-electron chi connectivity index (χ3n) is 9.68. The number of amides is 1. The maximum absolute atomic E-state index is 13.0. The molecule has 1 spiro atoms. The second-order valence-corrected chi connectivity index (χ2v) is 11.5. The van der Waals surface area contributed by atoms with Gasteiger partial charge in [-0.2, -0.15) is 0 Å². The van der Waals surface area contributed by atoms with Crippen LogP contribution in [0.3, 0.4) is 0 Å². The summed E-state index contributed by atoms with van der Waals surface area (Å²) in [4.78, 5) is 17.9. The zero-order valence-corrected chi connectivity index (χ0v) is 20.5. The van der Waals surface area contributed by atoms with Gasteiger partial charge in [-0.25, -0.2) is 5.43 Å². The molecular formula is C28H36N6O. The number of nitrogens with two attached hydrogens (primary N) is 1. The Kier molecular flexibility index (Phi) is 4.92. The molecule has 184 valence electrons. The summed E-state index contributed by atoms with van der Waals surface area (Å²) >= 11 is 0. The fourth-order valence-corrected chi connectivity index (χ4v) is 7.57. The molecule has 1 amide bonds. The first-order valence-electron chi connectivity index (χ1n) is 13.3. The molecule has 35 heavy (non-hydrogen) atoms. The molecule has 2 aromatic carbocycles. The van der Waals surface area contributed by atoms with Crippen LogP contribution in [-0.2, 0) is 10.2 Å². The molecule has 0 bridgehead atoms. The molecule has 7 heteroatoms. The first kappa shape index (κ1) is 21.7. The van der Waals surface area contributed by atoms with Crippen molar-refractivity contribution < 1.29 is 4.79 Å². The predicted octanol–water partition coefficient (Wildman–Crippen LogP) is 2.86. The standard InChI is InChI=1S/C28H36N6O/c1-33-10-12-34(13-11-33)20-6-2-17(3-7-20)26-21-8-4-18(14-25(21)31-32-26)23-16-28(23)22-15-19(29)5-9-24(22)30-27(28)35/h2-3,5-7,9,15,18,21,23,25-26,31-32H,4,8,10-14,16,29H2,1H3,(H,30,35)/t18?,21?,23-,25?,26?,28-/m0/s1. The Labute approximate surface area is 207 Å². The molecular weight excluding hydrogens is 436 g/mol. The zero-order chi connectivity index (χ0) is 23.7. The van der Waals surface area contributed by atoms with Gasteiger partial charge in [0.1, 0.15) is 0 Å². The average molecular weight is 473 g/mol. The Morgan fingerprint density at radius 3 is 2.60 bits per heavy atom. The van der Waals surface area contributed by atoms with Crippen LogP contribution in [0.4, 0.5) is 17.1 Å². The van der Waals surface area contributed by atoms with E-state index in [-0.39, 0.29) is 11.3 Å². The van der Waals surface area contributed by atoms with Crippen molar-refractivity contribution >= 4 is 23.0 Å². The fraction of sp³-hybridized carbons (Fsp3) is 0.536. The third-order valence-corrected chi connectivity index (χ3v) is 9.68. The van der Waals surface area contributed by atoms with Crippen molar-refractivity contribution in [2.24, 2.45) is 17.8 Å². The van der Waals surface area contributed by atoms with Crippen LogP contribution < -0.4 is 26.8 Å². The quantitative estimate of drug-likeness (QED) is 0.514. The van der Waals surface area contributed by atoms with Crippen LogP contribution in [0, 0.1) is 17.8 Å². The van der Waals surface area contributed by atoms with Crippen LogP contribution in [0.15, 0.2) is 42.5 Å². The molecule has 4 unspecified atom stereocenters. The number of likely N-dealkylation sites (N-methyl/N-ethyl adjacent to an activating group) is 1. The number of nitrogens with one attached hydrogen (secondary N) is 3. The topological polar surface area (TPSA) is 85.7 Å². The lowest BCUT2D eigenvalue weighted by atomic mass is 9.72. The van der Waals surface area contributed by atoms with Gasteiger partial charge in [-0.3, -0.25) is 10.2 Å². The molecule has 7 rings (SSSR count). The highest BCUT2D eigenvalue weighted by atomic mass is 16.2. The van der Waals surface area contributed by atoms with Gasteiger partial charge < -0.3 is 20.9 Å². The van der Waals surface area contributed by atoms with Crippen molar-refractivity contribution in [1.29, 1.82) is 0 Å². The maximum Gasteiger partial charge on any atom is 0.235 e. The minimum atomic E-state index is -0.341. The van der Waals surface area contributed by atoms with Gasteiger partial charge in [0.05, 0.1) is 11.5 Å². The summed E-state index contributed by atoms with van der Waals surface area (Å²) in [5.74, 6) is 1.77. The summed E-state index contributed by atoms with van der Waals surface area (Å²) in [5, 5.41) is 3.12. The number of anilines is 3. The second kappa shape index (κ2) is 7.95. The van der Waals surface area contributed by atoms with Gasteiger partial charge in [0.25, 0.3) is 0 Å². The van der Waals surface area contributed by atoms with E-state index in [0.29, 0.717) is 29.8 Å². The van der Waals surface area contributed by atoms with Gasteiger partial charge in [-0.15, -0.1) is 0 Å². The summed E-state index contributed by atoms with van der Waals surface area (Å²) in [6.07, 6.45) is 4.47. The predicted molar refractivity (Wildman–Crippen MR) is 139 cm³/mol. The molecule has 7 nitrogen and oxygen atoms in total. The van der Waals surface area contributed by atoms with Crippen molar-refractivity contribution in [2.45, 2.75) is 43.2 Å². The van der Waals surface area contributed by atoms with Crippen LogP contribution in [0.25, 0.3) is 0 Å². The van der Waals surface area contributed by atoms with E-state index in [1.165, 1.54) is 24.1 Å². The summed E-state index contributed by atoms with van der Waals surface area (Å²) in [6.45, 7) is 4.46. The number of fused-ring (bicyclic) bond motifs is 3. The Morgan fingerprint density at radius 2 is 1.80 bits per heavy atom. The highest BCUT2D eigenvalue weighted by Gasteiger charge is 2.67. The van der Waals surface area contributed by atoms with E-state index in [9.17, 15) is 4.79 Å². The maximum atomic E-state index is 13.0. The molecule has 2 saturated heterocycles. The van der Waals surface area contributed by atoms with Crippen LogP contribution in [0.2, 0.25) is 0 Å². The number of hydrogen-bond donors (Lipinski definition) is 4. The molecule has 0 radical (unpaired) electrons. The van der Waals surface area contributed by atoms with E-state index in [1.54, 1.807) is 0 Å². The Bertz CT molecular complexity index is 1140. The smallest absolute Gasteiger partial charge is 0.235 e. The molecule has 3 aliphatic heterocycles. The first-order valence-corrected chi connectivity index (χ1v) is 13.3. The molecule has 2 saturated carbocycles. The van der Waals surface area contributed by atoms with Crippen LogP contribution in [0.5, 0.6) is 0 Å². The highest BCUT2D eigenvalue weighted by molar-refractivity contribution is 6.09. The molecule has 5 N–H and O–H groups in total. The van der Waals surface area contributed by atoms with Crippen LogP contribution >= 0.6 is 0 Å². The van der Waals surface area contributed by atoms with Crippen LogP contribution in [-0.4, -0.2) is 50.1 Å². The van der Waals surface area contributed by atoms with E-state index >= 15 is 0 Å². The van der Waals surface area contributed by atoms with E-state index in [2.05, 4.69) is 57.3 Å². The number of piperazine rings is 1. The van der Waals surface area contributed by atoms with E-state index in [0.717, 1.165) is 56.0 Å². The SMILES string of the molecule is CN1CCN(c2ccc(C3NNC4CC([C@@H]5C[C@@]56C(=O)Nc5ccc(N)cc56)CCC43)cc2)CC1. The Hall–Kier alpha value is -2.61. The van der Waals surface area contributed by atoms with E-state index in [1.807, 2.05) is 18.2 Å². The van der Waals surface area contributed by atoms with Crippen molar-refractivity contribution in [2.75, 3.05) is 49.2 Å². The fourth-order valence-electron chi connectivity index (χ4n) is 7.57. The summed E-state index contributed by atoms with van der Waals surface area (Å²) < 4.78 is 0. The third kappa shape index (κ3) is 3.39. The van der Waals surface area contributed by atoms with Crippen molar-refractivity contribution in [3.05, 3.63) is 53.6 Å². The minimum Gasteiger partial charge on any atom is -0.399 e. The molecule has 2 aliphatic carbocycles. The summed E-state index contributed by atoms with van der Waals surface area (Å²) in [7, 11) is 2.20. The van der Waals surface area contributed by atoms with Crippen molar-refractivity contribution in [1.82, 2.24) is 15.8 Å². The number of hydrogen-bond acceptors (Lipinski definition) is 6. The average Bonchev–Trinajstić information content (AvgIpc) is 3.40. The van der Waals surface area contributed by atoms with Gasteiger partial charge in [-0.1, -0.05) is 12.1 Å². The monoisotopic (exact) mass is 472 g/mol. The lowest BCUT2D eigenvalue weighted by Crippen LogP contribution is -2.44. The van der Waals surface area contributed by atoms with E-state index < -0.39 is 0 Å². The lowest BCUT2D eigenvalue weighted by molar-refractivity contribution is -0.118. The van der Waals surface area contributed by atoms with Gasteiger partial charge in [-0.05, 0) is 91.9 Å². The first-order chi connectivity index (χ1) is 17.0. The second-order valence-electron chi connectivity index (χ2n) is 11.5.